The summed E-state index contributed by atoms with van der Waals surface area (Å²) in [5.41, 5.74) is 6.20. The molecule has 0 aliphatic heterocycles. The molecule has 0 bridgehead atoms. The molecule has 0 saturated heterocycles. The number of rotatable bonds is 4. The van der Waals surface area contributed by atoms with Crippen molar-refractivity contribution in [3.05, 3.63) is 76.3 Å². The maximum atomic E-state index is 12.1. The Hall–Kier alpha value is -2.86. The van der Waals surface area contributed by atoms with Crippen molar-refractivity contribution in [1.82, 2.24) is 10.9 Å². The first kappa shape index (κ1) is 17.9. The highest BCUT2D eigenvalue weighted by Crippen LogP contribution is 2.24. The number of nitrogens with one attached hydrogen (secondary N) is 2. The van der Waals surface area contributed by atoms with Gasteiger partial charge in [-0.05, 0) is 36.1 Å². The van der Waals surface area contributed by atoms with E-state index in [1.807, 2.05) is 49.4 Å². The van der Waals surface area contributed by atoms with Crippen LogP contribution in [0.25, 0.3) is 10.8 Å². The molecular formula is C20H17BrN2O3. The molecule has 6 heteroatoms. The average Bonchev–Trinajstić information content (AvgIpc) is 2.66. The predicted molar refractivity (Wildman–Crippen MR) is 104 cm³/mol. The minimum Gasteiger partial charge on any atom is -0.483 e. The SMILES string of the molecule is Cc1ccc(C(=O)NNC(=O)COc2cccc3ccccc23)cc1Br. The third-order valence-corrected chi connectivity index (χ3v) is 4.71. The Morgan fingerprint density at radius 3 is 2.58 bits per heavy atom. The van der Waals surface area contributed by atoms with Gasteiger partial charge in [-0.3, -0.25) is 20.4 Å². The number of carbonyl (C=O) groups excluding carboxylic acids is 2. The first-order valence-electron chi connectivity index (χ1n) is 8.00. The Morgan fingerprint density at radius 1 is 1.00 bits per heavy atom. The summed E-state index contributed by atoms with van der Waals surface area (Å²) in [5.74, 6) is -0.228. The maximum Gasteiger partial charge on any atom is 0.276 e. The van der Waals surface area contributed by atoms with E-state index in [9.17, 15) is 9.59 Å². The van der Waals surface area contributed by atoms with Gasteiger partial charge in [0.25, 0.3) is 11.8 Å². The first-order chi connectivity index (χ1) is 12.5. The monoisotopic (exact) mass is 412 g/mol. The third-order valence-electron chi connectivity index (χ3n) is 3.86. The van der Waals surface area contributed by atoms with Gasteiger partial charge in [-0.25, -0.2) is 0 Å². The number of halogens is 1. The van der Waals surface area contributed by atoms with Crippen LogP contribution in [0.3, 0.4) is 0 Å². The van der Waals surface area contributed by atoms with Crippen LogP contribution in [0.15, 0.2) is 65.1 Å². The van der Waals surface area contributed by atoms with E-state index in [0.29, 0.717) is 11.3 Å². The average molecular weight is 413 g/mol. The molecule has 0 spiro atoms. The van der Waals surface area contributed by atoms with Gasteiger partial charge < -0.3 is 4.74 Å². The van der Waals surface area contributed by atoms with Crippen molar-refractivity contribution >= 4 is 38.5 Å². The van der Waals surface area contributed by atoms with Gasteiger partial charge in [0, 0.05) is 15.4 Å². The van der Waals surface area contributed by atoms with Crippen LogP contribution >= 0.6 is 15.9 Å². The number of fused-ring (bicyclic) bond motifs is 1. The lowest BCUT2D eigenvalue weighted by Gasteiger charge is -2.11. The van der Waals surface area contributed by atoms with E-state index in [-0.39, 0.29) is 6.61 Å². The van der Waals surface area contributed by atoms with Gasteiger partial charge >= 0.3 is 0 Å². The molecule has 0 radical (unpaired) electrons. The van der Waals surface area contributed by atoms with Crippen LogP contribution in [0.2, 0.25) is 0 Å². The molecule has 132 valence electrons. The van der Waals surface area contributed by atoms with E-state index in [4.69, 9.17) is 4.74 Å². The second kappa shape index (κ2) is 8.01. The number of hydrogen-bond acceptors (Lipinski definition) is 3. The van der Waals surface area contributed by atoms with Crippen molar-refractivity contribution in [1.29, 1.82) is 0 Å². The zero-order valence-electron chi connectivity index (χ0n) is 14.1. The smallest absolute Gasteiger partial charge is 0.276 e. The Kier molecular flexibility index (Phi) is 5.53. The molecule has 3 rings (SSSR count). The Morgan fingerprint density at radius 2 is 1.77 bits per heavy atom. The van der Waals surface area contributed by atoms with Crippen molar-refractivity contribution in [3.8, 4) is 5.75 Å². The fraction of sp³-hybridized carbons (Fsp3) is 0.100. The van der Waals surface area contributed by atoms with Crippen LogP contribution in [0.4, 0.5) is 0 Å². The third kappa shape index (κ3) is 4.21. The molecule has 5 nitrogen and oxygen atoms in total. The van der Waals surface area contributed by atoms with Crippen molar-refractivity contribution in [3.63, 3.8) is 0 Å². The topological polar surface area (TPSA) is 67.4 Å². The van der Waals surface area contributed by atoms with Gasteiger partial charge in [-0.1, -0.05) is 58.4 Å². The summed E-state index contributed by atoms with van der Waals surface area (Å²) in [5, 5.41) is 1.96. The zero-order valence-corrected chi connectivity index (χ0v) is 15.7. The van der Waals surface area contributed by atoms with Crippen LogP contribution in [0, 0.1) is 6.92 Å². The van der Waals surface area contributed by atoms with E-state index in [1.165, 1.54) is 0 Å². The number of benzene rings is 3. The summed E-state index contributed by atoms with van der Waals surface area (Å²) in [6, 6.07) is 18.6. The molecule has 2 amide bonds. The number of hydrogen-bond donors (Lipinski definition) is 2. The molecule has 3 aromatic rings. The molecular weight excluding hydrogens is 396 g/mol. The molecule has 26 heavy (non-hydrogen) atoms. The molecule has 3 aromatic carbocycles. The number of aryl methyl sites for hydroxylation is 1. The number of hydrazine groups is 1. The van der Waals surface area contributed by atoms with E-state index in [1.54, 1.807) is 18.2 Å². The highest BCUT2D eigenvalue weighted by atomic mass is 79.9. The van der Waals surface area contributed by atoms with Gasteiger partial charge in [0.2, 0.25) is 0 Å². The van der Waals surface area contributed by atoms with Crippen LogP contribution in [0.5, 0.6) is 5.75 Å². The number of amides is 2. The van der Waals surface area contributed by atoms with Crippen LogP contribution in [-0.2, 0) is 4.79 Å². The Bertz CT molecular complexity index is 967. The van der Waals surface area contributed by atoms with Crippen molar-refractivity contribution in [2.75, 3.05) is 6.61 Å². The molecule has 0 aliphatic rings. The largest absolute Gasteiger partial charge is 0.483 e. The molecule has 0 atom stereocenters. The predicted octanol–water partition coefficient (Wildman–Crippen LogP) is 3.75. The molecule has 0 aliphatic carbocycles. The van der Waals surface area contributed by atoms with Crippen LogP contribution in [-0.4, -0.2) is 18.4 Å². The minimum absolute atomic E-state index is 0.203. The Balaban J connectivity index is 1.55. The summed E-state index contributed by atoms with van der Waals surface area (Å²) in [6.07, 6.45) is 0. The summed E-state index contributed by atoms with van der Waals surface area (Å²) in [4.78, 5) is 24.0. The van der Waals surface area contributed by atoms with Gasteiger partial charge in [0.15, 0.2) is 6.61 Å². The maximum absolute atomic E-state index is 12.1. The highest BCUT2D eigenvalue weighted by Gasteiger charge is 2.10. The van der Waals surface area contributed by atoms with Gasteiger partial charge in [-0.2, -0.15) is 0 Å². The second-order valence-corrected chi connectivity index (χ2v) is 6.59. The van der Waals surface area contributed by atoms with E-state index in [0.717, 1.165) is 20.8 Å². The molecule has 0 heterocycles. The molecule has 0 saturated carbocycles. The summed E-state index contributed by atoms with van der Waals surface area (Å²) < 4.78 is 6.41. The minimum atomic E-state index is -0.447. The molecule has 0 aromatic heterocycles. The molecule has 0 fully saturated rings. The van der Waals surface area contributed by atoms with Crippen molar-refractivity contribution in [2.45, 2.75) is 6.92 Å². The zero-order chi connectivity index (χ0) is 18.5. The summed E-state index contributed by atoms with van der Waals surface area (Å²) >= 11 is 3.38. The van der Waals surface area contributed by atoms with Crippen molar-refractivity contribution in [2.24, 2.45) is 0 Å². The summed E-state index contributed by atoms with van der Waals surface area (Å²) in [7, 11) is 0. The fourth-order valence-corrected chi connectivity index (χ4v) is 2.81. The van der Waals surface area contributed by atoms with Gasteiger partial charge in [0.05, 0.1) is 0 Å². The number of ether oxygens (including phenoxy) is 1. The summed E-state index contributed by atoms with van der Waals surface area (Å²) in [6.45, 7) is 1.73. The van der Waals surface area contributed by atoms with Crippen molar-refractivity contribution < 1.29 is 14.3 Å². The molecule has 0 unspecified atom stereocenters. The lowest BCUT2D eigenvalue weighted by molar-refractivity contribution is -0.123. The lowest BCUT2D eigenvalue weighted by atomic mass is 10.1. The van der Waals surface area contributed by atoms with E-state index >= 15 is 0 Å². The van der Waals surface area contributed by atoms with E-state index < -0.39 is 11.8 Å². The normalized spacial score (nSPS) is 10.4. The highest BCUT2D eigenvalue weighted by molar-refractivity contribution is 9.10. The first-order valence-corrected chi connectivity index (χ1v) is 8.80. The lowest BCUT2D eigenvalue weighted by Crippen LogP contribution is -2.43. The van der Waals surface area contributed by atoms with Gasteiger partial charge in [0.1, 0.15) is 5.75 Å². The van der Waals surface area contributed by atoms with Crippen LogP contribution < -0.4 is 15.6 Å². The van der Waals surface area contributed by atoms with E-state index in [2.05, 4.69) is 26.8 Å². The Labute approximate surface area is 159 Å². The molecule has 2 N–H and O–H groups in total. The standard InChI is InChI=1S/C20H17BrN2O3/c1-13-9-10-15(11-17(13)21)20(25)23-22-19(24)12-26-18-8-4-6-14-5-2-3-7-16(14)18/h2-11H,12H2,1H3,(H,22,24)(H,23,25). The number of carbonyl (C=O) groups is 2. The van der Waals surface area contributed by atoms with Gasteiger partial charge in [-0.15, -0.1) is 0 Å². The van der Waals surface area contributed by atoms with Crippen LogP contribution in [0.1, 0.15) is 15.9 Å². The quantitative estimate of drug-likeness (QED) is 0.641. The fourth-order valence-electron chi connectivity index (χ4n) is 2.43. The second-order valence-electron chi connectivity index (χ2n) is 5.73.